The van der Waals surface area contributed by atoms with Gasteiger partial charge in [0.25, 0.3) is 0 Å². The molecule has 50 valence electrons. The first kappa shape index (κ1) is 6.01. The van der Waals surface area contributed by atoms with Gasteiger partial charge in [-0.25, -0.2) is 0 Å². The highest BCUT2D eigenvalue weighted by Crippen LogP contribution is 2.03. The van der Waals surface area contributed by atoms with Crippen LogP contribution in [0.25, 0.3) is 0 Å². The van der Waals surface area contributed by atoms with E-state index in [9.17, 15) is 0 Å². The van der Waals surface area contributed by atoms with Crippen molar-refractivity contribution in [1.29, 1.82) is 0 Å². The number of hydrogen-bond acceptors (Lipinski definition) is 3. The normalized spacial score (nSPS) is 23.6. The Morgan fingerprint density at radius 2 is 2.12 bits per heavy atom. The highest BCUT2D eigenvalue weighted by molar-refractivity contribution is 4.65. The summed E-state index contributed by atoms with van der Waals surface area (Å²) in [5.41, 5.74) is 2.72. The van der Waals surface area contributed by atoms with Crippen LogP contribution in [-0.4, -0.2) is 19.3 Å². The van der Waals surface area contributed by atoms with Crippen molar-refractivity contribution in [2.75, 3.05) is 13.2 Å². The summed E-state index contributed by atoms with van der Waals surface area (Å²) >= 11 is 0. The van der Waals surface area contributed by atoms with Gasteiger partial charge in [-0.1, -0.05) is 0 Å². The van der Waals surface area contributed by atoms with Crippen LogP contribution in [0, 0.1) is 0 Å². The first-order valence-electron chi connectivity index (χ1n) is 2.97. The summed E-state index contributed by atoms with van der Waals surface area (Å²) in [5, 5.41) is 0. The van der Waals surface area contributed by atoms with Gasteiger partial charge in [0.1, 0.15) is 0 Å². The minimum absolute atomic E-state index is 0. The van der Waals surface area contributed by atoms with Crippen LogP contribution >= 0.6 is 0 Å². The fourth-order valence-corrected chi connectivity index (χ4v) is 0.864. The monoisotopic (exact) mass is 118 g/mol. The lowest BCUT2D eigenvalue weighted by Crippen LogP contribution is -2.39. The molecule has 0 radical (unpaired) electrons. The molecule has 8 heavy (non-hydrogen) atoms. The molecule has 0 saturated carbocycles. The van der Waals surface area contributed by atoms with Gasteiger partial charge in [-0.05, 0) is 12.8 Å². The van der Waals surface area contributed by atoms with Crippen LogP contribution in [0.1, 0.15) is 14.3 Å². The number of nitrogens with two attached hydrogens (primary N) is 1. The Morgan fingerprint density at radius 1 is 1.50 bits per heavy atom. The van der Waals surface area contributed by atoms with E-state index in [2.05, 4.69) is 5.43 Å². The average molecular weight is 118 g/mol. The summed E-state index contributed by atoms with van der Waals surface area (Å²) in [5.74, 6) is 5.20. The summed E-state index contributed by atoms with van der Waals surface area (Å²) in [6.07, 6.45) is 2.10. The fraction of sp³-hybridized carbons (Fsp3) is 1.00. The fourth-order valence-electron chi connectivity index (χ4n) is 0.864. The first-order valence-corrected chi connectivity index (χ1v) is 2.97. The Balaban J connectivity index is 0.000000640. The minimum Gasteiger partial charge on any atom is -0.381 e. The second kappa shape index (κ2) is 3.02. The topological polar surface area (TPSA) is 47.3 Å². The number of rotatable bonds is 1. The zero-order valence-electron chi connectivity index (χ0n) is 4.89. The van der Waals surface area contributed by atoms with Crippen molar-refractivity contribution in [3.63, 3.8) is 0 Å². The highest BCUT2D eigenvalue weighted by atomic mass is 16.5. The molecule has 0 amide bonds. The summed E-state index contributed by atoms with van der Waals surface area (Å²) in [4.78, 5) is 0. The van der Waals surface area contributed by atoms with Crippen molar-refractivity contribution in [2.45, 2.75) is 18.9 Å². The zero-order valence-corrected chi connectivity index (χ0v) is 4.89. The molecular formula is C5H14N2O. The smallest absolute Gasteiger partial charge is 0.0481 e. The molecule has 0 aliphatic carbocycles. The Labute approximate surface area is 50.7 Å². The van der Waals surface area contributed by atoms with Gasteiger partial charge < -0.3 is 4.74 Å². The summed E-state index contributed by atoms with van der Waals surface area (Å²) < 4.78 is 5.11. The van der Waals surface area contributed by atoms with Crippen LogP contribution in [0.5, 0.6) is 0 Å². The lowest BCUT2D eigenvalue weighted by atomic mass is 10.1. The number of nitrogens with one attached hydrogen (secondary N) is 1. The lowest BCUT2D eigenvalue weighted by molar-refractivity contribution is 0.0781. The molecule has 1 rings (SSSR count). The molecule has 3 heteroatoms. The molecule has 0 bridgehead atoms. The molecule has 3 nitrogen and oxygen atoms in total. The molecule has 3 N–H and O–H groups in total. The molecule has 1 aliphatic rings. The van der Waals surface area contributed by atoms with Gasteiger partial charge in [0.15, 0.2) is 0 Å². The zero-order chi connectivity index (χ0) is 5.82. The third-order valence-corrected chi connectivity index (χ3v) is 1.46. The number of ether oxygens (including phenoxy) is 1. The maximum absolute atomic E-state index is 5.20. The molecule has 0 aromatic carbocycles. The Morgan fingerprint density at radius 3 is 2.50 bits per heavy atom. The third kappa shape index (κ3) is 1.43. The predicted octanol–water partition coefficient (Wildman–Crippen LogP) is -0.125. The Hall–Kier alpha value is -0.120. The lowest BCUT2D eigenvalue weighted by Gasteiger charge is -2.20. The molecule has 1 fully saturated rings. The van der Waals surface area contributed by atoms with Crippen molar-refractivity contribution in [3.05, 3.63) is 0 Å². The molecule has 0 aromatic heterocycles. The molecular weight excluding hydrogens is 104 g/mol. The van der Waals surface area contributed by atoms with Crippen LogP contribution in [0.15, 0.2) is 0 Å². The van der Waals surface area contributed by atoms with Crippen LogP contribution < -0.4 is 11.3 Å². The standard InChI is InChI=1S/C5H12N2O.H2/c6-7-5-1-3-8-4-2-5;/h5,7H,1-4,6H2;1H. The summed E-state index contributed by atoms with van der Waals surface area (Å²) in [6.45, 7) is 1.71. The van der Waals surface area contributed by atoms with Crippen LogP contribution in [0.3, 0.4) is 0 Å². The Bertz CT molecular complexity index is 66.0. The number of hydrogen-bond donors (Lipinski definition) is 2. The number of hydrazine groups is 1. The van der Waals surface area contributed by atoms with E-state index in [-0.39, 0.29) is 1.43 Å². The quantitative estimate of drug-likeness (QED) is 0.372. The maximum Gasteiger partial charge on any atom is 0.0481 e. The van der Waals surface area contributed by atoms with Crippen molar-refractivity contribution in [2.24, 2.45) is 5.84 Å². The Kier molecular flexibility index (Phi) is 2.27. The van der Waals surface area contributed by atoms with Crippen LogP contribution in [0.4, 0.5) is 0 Å². The maximum atomic E-state index is 5.20. The van der Waals surface area contributed by atoms with Crippen molar-refractivity contribution in [3.8, 4) is 0 Å². The van der Waals surface area contributed by atoms with Crippen molar-refractivity contribution < 1.29 is 6.16 Å². The predicted molar refractivity (Wildman–Crippen MR) is 33.3 cm³/mol. The van der Waals surface area contributed by atoms with E-state index >= 15 is 0 Å². The molecule has 0 unspecified atom stereocenters. The van der Waals surface area contributed by atoms with E-state index in [0.717, 1.165) is 26.1 Å². The SMILES string of the molecule is NNC1CCOCC1.[HH]. The second-order valence-electron chi connectivity index (χ2n) is 2.05. The van der Waals surface area contributed by atoms with Gasteiger partial charge >= 0.3 is 0 Å². The first-order chi connectivity index (χ1) is 3.93. The van der Waals surface area contributed by atoms with Gasteiger partial charge in [-0.3, -0.25) is 11.3 Å². The van der Waals surface area contributed by atoms with Crippen LogP contribution in [0.2, 0.25) is 0 Å². The van der Waals surface area contributed by atoms with E-state index in [1.807, 2.05) is 0 Å². The highest BCUT2D eigenvalue weighted by Gasteiger charge is 2.10. The van der Waals surface area contributed by atoms with E-state index < -0.39 is 0 Å². The van der Waals surface area contributed by atoms with Crippen molar-refractivity contribution in [1.82, 2.24) is 5.43 Å². The third-order valence-electron chi connectivity index (χ3n) is 1.46. The van der Waals surface area contributed by atoms with Crippen LogP contribution in [-0.2, 0) is 4.74 Å². The average Bonchev–Trinajstić information content (AvgIpc) is 1.90. The van der Waals surface area contributed by atoms with Crippen molar-refractivity contribution >= 4 is 0 Å². The van der Waals surface area contributed by atoms with Gasteiger partial charge in [-0.15, -0.1) is 0 Å². The van der Waals surface area contributed by atoms with E-state index in [4.69, 9.17) is 10.6 Å². The second-order valence-corrected chi connectivity index (χ2v) is 2.05. The summed E-state index contributed by atoms with van der Waals surface area (Å²) in [7, 11) is 0. The van der Waals surface area contributed by atoms with E-state index in [1.165, 1.54) is 0 Å². The van der Waals surface area contributed by atoms with E-state index in [0.29, 0.717) is 6.04 Å². The molecule has 1 aliphatic heterocycles. The van der Waals surface area contributed by atoms with Gasteiger partial charge in [0.05, 0.1) is 0 Å². The molecule has 1 saturated heterocycles. The van der Waals surface area contributed by atoms with E-state index in [1.54, 1.807) is 0 Å². The largest absolute Gasteiger partial charge is 0.381 e. The molecule has 0 aromatic rings. The van der Waals surface area contributed by atoms with Gasteiger partial charge in [0.2, 0.25) is 0 Å². The summed E-state index contributed by atoms with van der Waals surface area (Å²) in [6, 6.07) is 0.490. The molecule has 1 heterocycles. The van der Waals surface area contributed by atoms with Gasteiger partial charge in [0, 0.05) is 20.7 Å². The molecule has 0 atom stereocenters. The molecule has 0 spiro atoms. The minimum atomic E-state index is 0. The van der Waals surface area contributed by atoms with Gasteiger partial charge in [-0.2, -0.15) is 0 Å².